The molecule has 0 spiro atoms. The molecule has 0 radical (unpaired) electrons. The molecule has 1 rings (SSSR count). The number of sulfonamides is 1. The molecule has 1 unspecified atom stereocenters. The van der Waals surface area contributed by atoms with Crippen LogP contribution in [0.4, 0.5) is 0 Å². The summed E-state index contributed by atoms with van der Waals surface area (Å²) in [5.74, 6) is 0. The molecular formula is C12H22N2O2S2. The first kappa shape index (κ1) is 15.6. The lowest BCUT2D eigenvalue weighted by molar-refractivity contribution is 0.343. The second-order valence-corrected chi connectivity index (χ2v) is 7.30. The van der Waals surface area contributed by atoms with E-state index in [2.05, 4.69) is 5.32 Å². The summed E-state index contributed by atoms with van der Waals surface area (Å²) < 4.78 is 27.0. The molecule has 0 bridgehead atoms. The SMILES string of the molecule is CCC(C)N(CC)S(=O)(=O)c1cc(CNC)cs1. The predicted molar refractivity (Wildman–Crippen MR) is 76.4 cm³/mol. The van der Waals surface area contributed by atoms with Crippen molar-refractivity contribution in [2.24, 2.45) is 0 Å². The number of rotatable bonds is 7. The van der Waals surface area contributed by atoms with Crippen LogP contribution in [0.5, 0.6) is 0 Å². The zero-order valence-corrected chi connectivity index (χ0v) is 13.1. The fraction of sp³-hybridized carbons (Fsp3) is 0.667. The summed E-state index contributed by atoms with van der Waals surface area (Å²) in [6.07, 6.45) is 0.821. The minimum Gasteiger partial charge on any atom is -0.316 e. The molecule has 1 heterocycles. The fourth-order valence-corrected chi connectivity index (χ4v) is 4.87. The van der Waals surface area contributed by atoms with Gasteiger partial charge in [-0.25, -0.2) is 8.42 Å². The highest BCUT2D eigenvalue weighted by Crippen LogP contribution is 2.25. The van der Waals surface area contributed by atoms with Gasteiger partial charge < -0.3 is 5.32 Å². The van der Waals surface area contributed by atoms with Crippen LogP contribution in [0.2, 0.25) is 0 Å². The Labute approximate surface area is 114 Å². The van der Waals surface area contributed by atoms with Crippen LogP contribution in [-0.2, 0) is 16.6 Å². The van der Waals surface area contributed by atoms with Gasteiger partial charge in [0.2, 0.25) is 0 Å². The molecule has 0 saturated heterocycles. The number of hydrogen-bond donors (Lipinski definition) is 1. The van der Waals surface area contributed by atoms with Gasteiger partial charge in [-0.15, -0.1) is 11.3 Å². The van der Waals surface area contributed by atoms with Crippen LogP contribution in [-0.4, -0.2) is 32.4 Å². The van der Waals surface area contributed by atoms with Gasteiger partial charge in [-0.1, -0.05) is 13.8 Å². The van der Waals surface area contributed by atoms with Crippen molar-refractivity contribution in [3.63, 3.8) is 0 Å². The van der Waals surface area contributed by atoms with Gasteiger partial charge in [-0.3, -0.25) is 0 Å². The van der Waals surface area contributed by atoms with Crippen LogP contribution >= 0.6 is 11.3 Å². The van der Waals surface area contributed by atoms with E-state index in [9.17, 15) is 8.42 Å². The average Bonchev–Trinajstić information content (AvgIpc) is 2.79. The molecule has 1 atom stereocenters. The molecule has 0 aliphatic carbocycles. The van der Waals surface area contributed by atoms with Crippen LogP contribution in [0.15, 0.2) is 15.7 Å². The summed E-state index contributed by atoms with van der Waals surface area (Å²) in [5.41, 5.74) is 1.02. The van der Waals surface area contributed by atoms with Gasteiger partial charge in [0.25, 0.3) is 10.0 Å². The minimum absolute atomic E-state index is 0.0369. The number of thiophene rings is 1. The van der Waals surface area contributed by atoms with Crippen LogP contribution < -0.4 is 5.32 Å². The van der Waals surface area contributed by atoms with E-state index in [0.29, 0.717) is 17.3 Å². The molecule has 0 saturated carbocycles. The molecule has 4 nitrogen and oxygen atoms in total. The van der Waals surface area contributed by atoms with Crippen molar-refractivity contribution in [1.82, 2.24) is 9.62 Å². The van der Waals surface area contributed by atoms with Crippen LogP contribution in [0.1, 0.15) is 32.8 Å². The van der Waals surface area contributed by atoms with Crippen molar-refractivity contribution in [2.45, 2.75) is 44.0 Å². The van der Waals surface area contributed by atoms with Gasteiger partial charge in [-0.2, -0.15) is 4.31 Å². The highest BCUT2D eigenvalue weighted by molar-refractivity contribution is 7.91. The van der Waals surface area contributed by atoms with Crippen LogP contribution in [0.25, 0.3) is 0 Å². The third kappa shape index (κ3) is 3.32. The Balaban J connectivity index is 3.03. The molecule has 104 valence electrons. The third-order valence-electron chi connectivity index (χ3n) is 2.97. The first-order valence-corrected chi connectivity index (χ1v) is 8.53. The van der Waals surface area contributed by atoms with E-state index in [1.54, 1.807) is 10.4 Å². The molecule has 0 aliphatic heterocycles. The van der Waals surface area contributed by atoms with Crippen molar-refractivity contribution in [3.8, 4) is 0 Å². The quantitative estimate of drug-likeness (QED) is 0.838. The monoisotopic (exact) mass is 290 g/mol. The third-order valence-corrected chi connectivity index (χ3v) is 6.52. The van der Waals surface area contributed by atoms with E-state index in [4.69, 9.17) is 0 Å². The lowest BCUT2D eigenvalue weighted by Crippen LogP contribution is -2.37. The highest BCUT2D eigenvalue weighted by atomic mass is 32.2. The predicted octanol–water partition coefficient (Wildman–Crippen LogP) is 2.28. The Bertz CT molecular complexity index is 468. The summed E-state index contributed by atoms with van der Waals surface area (Å²) in [5, 5.41) is 4.92. The number of hydrogen-bond acceptors (Lipinski definition) is 4. The van der Waals surface area contributed by atoms with E-state index in [-0.39, 0.29) is 6.04 Å². The first-order chi connectivity index (χ1) is 8.47. The highest BCUT2D eigenvalue weighted by Gasteiger charge is 2.28. The standard InChI is InChI=1S/C12H22N2O2S2/c1-5-10(3)14(6-2)18(15,16)12-7-11(8-13-4)9-17-12/h7,9-10,13H,5-6,8H2,1-4H3. The Morgan fingerprint density at radius 3 is 2.61 bits per heavy atom. The van der Waals surface area contributed by atoms with Gasteiger partial charge >= 0.3 is 0 Å². The Morgan fingerprint density at radius 1 is 1.44 bits per heavy atom. The average molecular weight is 290 g/mol. The second-order valence-electron chi connectivity index (χ2n) is 4.27. The van der Waals surface area contributed by atoms with Crippen molar-refractivity contribution in [1.29, 1.82) is 0 Å². The largest absolute Gasteiger partial charge is 0.316 e. The molecule has 1 aromatic heterocycles. The maximum absolute atomic E-state index is 12.5. The second kappa shape index (κ2) is 6.65. The lowest BCUT2D eigenvalue weighted by Gasteiger charge is -2.25. The van der Waals surface area contributed by atoms with Crippen molar-refractivity contribution < 1.29 is 8.42 Å². The lowest BCUT2D eigenvalue weighted by atomic mass is 10.3. The maximum atomic E-state index is 12.5. The maximum Gasteiger partial charge on any atom is 0.252 e. The Kier molecular flexibility index (Phi) is 5.78. The first-order valence-electron chi connectivity index (χ1n) is 6.21. The van der Waals surface area contributed by atoms with E-state index in [1.807, 2.05) is 33.2 Å². The molecule has 0 fully saturated rings. The molecule has 0 aliphatic rings. The summed E-state index contributed by atoms with van der Waals surface area (Å²) in [6, 6.07) is 1.80. The summed E-state index contributed by atoms with van der Waals surface area (Å²) in [7, 11) is -1.49. The molecule has 0 amide bonds. The smallest absolute Gasteiger partial charge is 0.252 e. The van der Waals surface area contributed by atoms with Crippen LogP contribution in [0.3, 0.4) is 0 Å². The summed E-state index contributed by atoms with van der Waals surface area (Å²) in [6.45, 7) is 7.04. The van der Waals surface area contributed by atoms with Gasteiger partial charge in [0, 0.05) is 19.1 Å². The van der Waals surface area contributed by atoms with Gasteiger partial charge in [0.1, 0.15) is 4.21 Å². The minimum atomic E-state index is -3.34. The van der Waals surface area contributed by atoms with E-state index < -0.39 is 10.0 Å². The topological polar surface area (TPSA) is 49.4 Å². The van der Waals surface area contributed by atoms with E-state index in [1.165, 1.54) is 11.3 Å². The molecule has 0 aromatic carbocycles. The summed E-state index contributed by atoms with van der Waals surface area (Å²) in [4.78, 5) is 0. The number of nitrogens with one attached hydrogen (secondary N) is 1. The summed E-state index contributed by atoms with van der Waals surface area (Å²) >= 11 is 1.30. The molecule has 6 heteroatoms. The van der Waals surface area contributed by atoms with Crippen molar-refractivity contribution in [3.05, 3.63) is 17.0 Å². The van der Waals surface area contributed by atoms with Crippen LogP contribution in [0, 0.1) is 0 Å². The zero-order chi connectivity index (χ0) is 13.8. The molecular weight excluding hydrogens is 268 g/mol. The van der Waals surface area contributed by atoms with Gasteiger partial charge in [-0.05, 0) is 37.4 Å². The molecule has 1 aromatic rings. The van der Waals surface area contributed by atoms with Gasteiger partial charge in [0.05, 0.1) is 0 Å². The van der Waals surface area contributed by atoms with E-state index >= 15 is 0 Å². The Hall–Kier alpha value is -0.430. The number of nitrogens with zero attached hydrogens (tertiary/aromatic N) is 1. The molecule has 1 N–H and O–H groups in total. The Morgan fingerprint density at radius 2 is 2.11 bits per heavy atom. The van der Waals surface area contributed by atoms with Crippen molar-refractivity contribution in [2.75, 3.05) is 13.6 Å². The van der Waals surface area contributed by atoms with E-state index in [0.717, 1.165) is 12.0 Å². The van der Waals surface area contributed by atoms with Crippen molar-refractivity contribution >= 4 is 21.4 Å². The normalized spacial score (nSPS) is 14.1. The fourth-order valence-electron chi connectivity index (χ4n) is 1.82. The zero-order valence-electron chi connectivity index (χ0n) is 11.4. The van der Waals surface area contributed by atoms with Gasteiger partial charge in [0.15, 0.2) is 0 Å². The molecule has 18 heavy (non-hydrogen) atoms.